The van der Waals surface area contributed by atoms with Gasteiger partial charge in [0.25, 0.3) is 0 Å². The van der Waals surface area contributed by atoms with Gasteiger partial charge in [-0.3, -0.25) is 4.79 Å². The maximum Gasteiger partial charge on any atom is 0.205 e. The molecule has 4 nitrogen and oxygen atoms in total. The van der Waals surface area contributed by atoms with Crippen LogP contribution in [0.25, 0.3) is 17.0 Å². The molecule has 128 valence electrons. The lowest BCUT2D eigenvalue weighted by Gasteiger charge is -2.14. The number of Topliss-reactive ketones (excluding diaryl/α,β-unsaturated/α-hetero) is 1. The zero-order valence-corrected chi connectivity index (χ0v) is 14.3. The van der Waals surface area contributed by atoms with E-state index >= 15 is 0 Å². The number of rotatable bonds is 2. The highest BCUT2D eigenvalue weighted by atomic mass is 16.5. The summed E-state index contributed by atoms with van der Waals surface area (Å²) >= 11 is 0. The number of ether oxygens (including phenoxy) is 1. The number of terminal acetylenes is 1. The number of aromatic hydroxyl groups is 1. The number of aryl methyl sites for hydroxylation is 1. The van der Waals surface area contributed by atoms with Gasteiger partial charge in [0.05, 0.1) is 12.8 Å². The monoisotopic (exact) mass is 343 g/mol. The standard InChI is InChI=1S/C22H17NO3/c1-3-13-4-8-18-17(11-13)16-7-6-15(22(25)21(16)23-18)10-14-5-9-19(24)20(12-14)26-2/h1,4-5,8-12,23-24H,6-7H2,2H3/b15-10+. The van der Waals surface area contributed by atoms with Gasteiger partial charge in [-0.15, -0.1) is 6.42 Å². The molecule has 1 heterocycles. The Morgan fingerprint density at radius 3 is 2.85 bits per heavy atom. The number of hydrogen-bond donors (Lipinski definition) is 2. The zero-order chi connectivity index (χ0) is 18.3. The summed E-state index contributed by atoms with van der Waals surface area (Å²) in [6.07, 6.45) is 8.77. The average Bonchev–Trinajstić information content (AvgIpc) is 3.04. The average molecular weight is 343 g/mol. The number of aromatic nitrogens is 1. The number of benzene rings is 2. The molecule has 1 aromatic heterocycles. The first-order chi connectivity index (χ1) is 12.6. The number of phenolic OH excluding ortho intramolecular Hbond substituents is 1. The van der Waals surface area contributed by atoms with Gasteiger partial charge in [-0.2, -0.15) is 0 Å². The van der Waals surface area contributed by atoms with Crippen molar-refractivity contribution < 1.29 is 14.6 Å². The van der Waals surface area contributed by atoms with Crippen LogP contribution in [0.5, 0.6) is 11.5 Å². The SMILES string of the molecule is C#Cc1ccc2[nH]c3c(c2c1)CC/C(=C\c1ccc(O)c(OC)c1)C3=O. The van der Waals surface area contributed by atoms with Crippen molar-refractivity contribution in [2.24, 2.45) is 0 Å². The predicted octanol–water partition coefficient (Wildman–Crippen LogP) is 4.08. The number of H-pyrrole nitrogens is 1. The quantitative estimate of drug-likeness (QED) is 0.544. The van der Waals surface area contributed by atoms with Crippen LogP contribution in [0.1, 0.15) is 33.6 Å². The van der Waals surface area contributed by atoms with Crippen molar-refractivity contribution in [1.82, 2.24) is 4.98 Å². The van der Waals surface area contributed by atoms with Gasteiger partial charge in [0, 0.05) is 22.0 Å². The minimum atomic E-state index is -0.00301. The van der Waals surface area contributed by atoms with Gasteiger partial charge >= 0.3 is 0 Å². The van der Waals surface area contributed by atoms with Crippen LogP contribution in [0.4, 0.5) is 0 Å². The molecule has 0 bridgehead atoms. The first kappa shape index (κ1) is 16.0. The minimum absolute atomic E-state index is 0.00301. The Kier molecular flexibility index (Phi) is 3.78. The van der Waals surface area contributed by atoms with Gasteiger partial charge in [-0.25, -0.2) is 0 Å². The summed E-state index contributed by atoms with van der Waals surface area (Å²) in [5.74, 6) is 3.10. The molecule has 0 radical (unpaired) electrons. The number of hydrogen-bond acceptors (Lipinski definition) is 3. The van der Waals surface area contributed by atoms with Crippen LogP contribution in [0.15, 0.2) is 42.0 Å². The largest absolute Gasteiger partial charge is 0.504 e. The molecule has 0 saturated carbocycles. The van der Waals surface area contributed by atoms with Gasteiger partial charge in [0.2, 0.25) is 5.78 Å². The second-order valence-electron chi connectivity index (χ2n) is 6.31. The fourth-order valence-electron chi connectivity index (χ4n) is 3.45. The molecule has 0 spiro atoms. The van der Waals surface area contributed by atoms with E-state index in [1.54, 1.807) is 18.2 Å². The third-order valence-electron chi connectivity index (χ3n) is 4.78. The Hall–Kier alpha value is -3.45. The van der Waals surface area contributed by atoms with Crippen LogP contribution in [-0.4, -0.2) is 23.0 Å². The van der Waals surface area contributed by atoms with E-state index in [2.05, 4.69) is 10.9 Å². The van der Waals surface area contributed by atoms with Crippen LogP contribution in [-0.2, 0) is 6.42 Å². The zero-order valence-electron chi connectivity index (χ0n) is 14.3. The molecule has 0 fully saturated rings. The fraction of sp³-hybridized carbons (Fsp3) is 0.136. The molecular weight excluding hydrogens is 326 g/mol. The van der Waals surface area contributed by atoms with Crippen LogP contribution >= 0.6 is 0 Å². The van der Waals surface area contributed by atoms with E-state index in [1.807, 2.05) is 24.3 Å². The van der Waals surface area contributed by atoms with Gasteiger partial charge in [0.15, 0.2) is 11.5 Å². The van der Waals surface area contributed by atoms with Crippen molar-refractivity contribution in [3.05, 3.63) is 64.4 Å². The Morgan fingerprint density at radius 1 is 1.23 bits per heavy atom. The number of aromatic amines is 1. The normalized spacial score (nSPS) is 15.1. The van der Waals surface area contributed by atoms with E-state index in [-0.39, 0.29) is 11.5 Å². The van der Waals surface area contributed by atoms with E-state index in [4.69, 9.17) is 11.2 Å². The van der Waals surface area contributed by atoms with Gasteiger partial charge in [-0.05, 0) is 60.4 Å². The van der Waals surface area contributed by atoms with Crippen molar-refractivity contribution in [3.8, 4) is 23.8 Å². The molecule has 3 aromatic rings. The van der Waals surface area contributed by atoms with Crippen LogP contribution in [0.2, 0.25) is 0 Å². The van der Waals surface area contributed by atoms with Crippen LogP contribution in [0, 0.1) is 12.3 Å². The van der Waals surface area contributed by atoms with Crippen molar-refractivity contribution in [1.29, 1.82) is 0 Å². The molecular formula is C22H17NO3. The summed E-state index contributed by atoms with van der Waals surface area (Å²) in [7, 11) is 1.50. The molecule has 4 heteroatoms. The second-order valence-corrected chi connectivity index (χ2v) is 6.31. The highest BCUT2D eigenvalue weighted by molar-refractivity contribution is 6.15. The maximum atomic E-state index is 12.9. The summed E-state index contributed by atoms with van der Waals surface area (Å²) in [4.78, 5) is 16.2. The van der Waals surface area contributed by atoms with Crippen molar-refractivity contribution in [3.63, 3.8) is 0 Å². The third-order valence-corrected chi connectivity index (χ3v) is 4.78. The fourth-order valence-corrected chi connectivity index (χ4v) is 3.45. The molecule has 0 amide bonds. The van der Waals surface area contributed by atoms with E-state index in [1.165, 1.54) is 7.11 Å². The molecule has 26 heavy (non-hydrogen) atoms. The Morgan fingerprint density at radius 2 is 2.08 bits per heavy atom. The number of phenols is 1. The summed E-state index contributed by atoms with van der Waals surface area (Å²) in [6.45, 7) is 0. The topological polar surface area (TPSA) is 62.3 Å². The summed E-state index contributed by atoms with van der Waals surface area (Å²) in [5.41, 5.74) is 4.95. The number of carbonyl (C=O) groups excluding carboxylic acids is 1. The predicted molar refractivity (Wildman–Crippen MR) is 102 cm³/mol. The van der Waals surface area contributed by atoms with E-state index in [9.17, 15) is 9.90 Å². The lowest BCUT2D eigenvalue weighted by Crippen LogP contribution is -2.13. The minimum Gasteiger partial charge on any atom is -0.504 e. The number of methoxy groups -OCH3 is 1. The van der Waals surface area contributed by atoms with Crippen molar-refractivity contribution >= 4 is 22.8 Å². The number of allylic oxidation sites excluding steroid dienone is 1. The molecule has 2 N–H and O–H groups in total. The summed E-state index contributed by atoms with van der Waals surface area (Å²) in [6, 6.07) is 10.8. The van der Waals surface area contributed by atoms with E-state index in [0.29, 0.717) is 17.9 Å². The Balaban J connectivity index is 1.75. The smallest absolute Gasteiger partial charge is 0.205 e. The highest BCUT2D eigenvalue weighted by Crippen LogP contribution is 2.33. The first-order valence-electron chi connectivity index (χ1n) is 8.34. The number of nitrogens with one attached hydrogen (secondary N) is 1. The second kappa shape index (κ2) is 6.12. The van der Waals surface area contributed by atoms with Gasteiger partial charge in [0.1, 0.15) is 0 Å². The molecule has 4 rings (SSSR count). The van der Waals surface area contributed by atoms with E-state index in [0.717, 1.165) is 39.6 Å². The van der Waals surface area contributed by atoms with Gasteiger partial charge < -0.3 is 14.8 Å². The van der Waals surface area contributed by atoms with E-state index < -0.39 is 0 Å². The molecule has 2 aromatic carbocycles. The molecule has 0 unspecified atom stereocenters. The first-order valence-corrected chi connectivity index (χ1v) is 8.34. The summed E-state index contributed by atoms with van der Waals surface area (Å²) in [5, 5.41) is 10.7. The number of ketones is 1. The van der Waals surface area contributed by atoms with Gasteiger partial charge in [-0.1, -0.05) is 12.0 Å². The molecule has 0 saturated heterocycles. The van der Waals surface area contributed by atoms with Crippen molar-refractivity contribution in [2.45, 2.75) is 12.8 Å². The highest BCUT2D eigenvalue weighted by Gasteiger charge is 2.26. The lowest BCUT2D eigenvalue weighted by molar-refractivity contribution is 0.102. The third kappa shape index (κ3) is 2.55. The Bertz CT molecular complexity index is 1110. The summed E-state index contributed by atoms with van der Waals surface area (Å²) < 4.78 is 5.13. The molecule has 0 aliphatic heterocycles. The number of carbonyl (C=O) groups is 1. The van der Waals surface area contributed by atoms with Crippen molar-refractivity contribution in [2.75, 3.05) is 7.11 Å². The van der Waals surface area contributed by atoms with Crippen LogP contribution < -0.4 is 4.74 Å². The number of fused-ring (bicyclic) bond motifs is 3. The molecule has 1 aliphatic rings. The Labute approximate surface area is 151 Å². The lowest BCUT2D eigenvalue weighted by atomic mass is 9.89. The molecule has 0 atom stereocenters. The maximum absolute atomic E-state index is 12.9. The molecule has 1 aliphatic carbocycles. The van der Waals surface area contributed by atoms with Crippen LogP contribution in [0.3, 0.4) is 0 Å².